The van der Waals surface area contributed by atoms with Crippen molar-refractivity contribution in [1.29, 1.82) is 0 Å². The lowest BCUT2D eigenvalue weighted by atomic mass is 10.1. The molecule has 1 atom stereocenters. The summed E-state index contributed by atoms with van der Waals surface area (Å²) in [4.78, 5) is 2.61. The summed E-state index contributed by atoms with van der Waals surface area (Å²) in [5, 5.41) is 9.27. The Labute approximate surface area is 126 Å². The zero-order valence-electron chi connectivity index (χ0n) is 12.2. The van der Waals surface area contributed by atoms with Crippen LogP contribution in [0.3, 0.4) is 0 Å². The number of rotatable bonds is 5. The molecular formula is C15H22N2O3S. The van der Waals surface area contributed by atoms with Gasteiger partial charge in [0, 0.05) is 25.2 Å². The minimum Gasteiger partial charge on any atom is -0.392 e. The fraction of sp³-hybridized carbons (Fsp3) is 0.600. The highest BCUT2D eigenvalue weighted by molar-refractivity contribution is 7.89. The van der Waals surface area contributed by atoms with Gasteiger partial charge in [0.1, 0.15) is 0 Å². The smallest absolute Gasteiger partial charge is 0.240 e. The maximum atomic E-state index is 12.4. The summed E-state index contributed by atoms with van der Waals surface area (Å²) in [6.45, 7) is 3.50. The number of aliphatic hydroxyl groups excluding tert-OH is 1. The molecule has 0 amide bonds. The van der Waals surface area contributed by atoms with Gasteiger partial charge in [-0.25, -0.2) is 13.1 Å². The second kappa shape index (κ2) is 5.68. The molecule has 0 aromatic heterocycles. The summed E-state index contributed by atoms with van der Waals surface area (Å²) in [6.07, 6.45) is 3.36. The molecule has 2 fully saturated rings. The van der Waals surface area contributed by atoms with Crippen LogP contribution in [0.1, 0.15) is 30.4 Å². The van der Waals surface area contributed by atoms with Gasteiger partial charge in [0.15, 0.2) is 0 Å². The van der Waals surface area contributed by atoms with Gasteiger partial charge in [-0.05, 0) is 49.4 Å². The van der Waals surface area contributed by atoms with Gasteiger partial charge < -0.3 is 5.11 Å². The van der Waals surface area contributed by atoms with Crippen molar-refractivity contribution in [1.82, 2.24) is 9.62 Å². The summed E-state index contributed by atoms with van der Waals surface area (Å²) < 4.78 is 27.7. The third-order valence-electron chi connectivity index (χ3n) is 4.41. The van der Waals surface area contributed by atoms with E-state index in [0.29, 0.717) is 11.6 Å². The van der Waals surface area contributed by atoms with E-state index in [9.17, 15) is 13.5 Å². The normalized spacial score (nSPS) is 23.6. The molecule has 116 valence electrons. The van der Waals surface area contributed by atoms with E-state index in [2.05, 4.69) is 9.62 Å². The van der Waals surface area contributed by atoms with Gasteiger partial charge in [-0.1, -0.05) is 6.07 Å². The molecule has 0 spiro atoms. The van der Waals surface area contributed by atoms with Crippen molar-refractivity contribution in [2.45, 2.75) is 49.8 Å². The van der Waals surface area contributed by atoms with E-state index in [1.54, 1.807) is 18.2 Å². The van der Waals surface area contributed by atoms with Crippen molar-refractivity contribution < 1.29 is 13.5 Å². The Morgan fingerprint density at radius 1 is 1.33 bits per heavy atom. The average molecular weight is 310 g/mol. The summed E-state index contributed by atoms with van der Waals surface area (Å²) in [5.41, 5.74) is 1.56. The van der Waals surface area contributed by atoms with Gasteiger partial charge in [-0.2, -0.15) is 0 Å². The molecule has 1 saturated heterocycles. The maximum absolute atomic E-state index is 12.4. The molecule has 1 aliphatic heterocycles. The van der Waals surface area contributed by atoms with Gasteiger partial charge in [0.2, 0.25) is 10.0 Å². The lowest BCUT2D eigenvalue weighted by molar-refractivity contribution is 0.280. The molecule has 2 aliphatic rings. The van der Waals surface area contributed by atoms with E-state index < -0.39 is 10.0 Å². The molecule has 1 aromatic carbocycles. The Balaban J connectivity index is 1.71. The Morgan fingerprint density at radius 2 is 2.10 bits per heavy atom. The highest BCUT2D eigenvalue weighted by Crippen LogP contribution is 2.30. The first-order valence-corrected chi connectivity index (χ1v) is 8.94. The summed E-state index contributed by atoms with van der Waals surface area (Å²) >= 11 is 0. The van der Waals surface area contributed by atoms with Gasteiger partial charge in [0.25, 0.3) is 0 Å². The van der Waals surface area contributed by atoms with Crippen LogP contribution in [0, 0.1) is 6.92 Å². The first-order chi connectivity index (χ1) is 9.99. The fourth-order valence-electron chi connectivity index (χ4n) is 2.93. The topological polar surface area (TPSA) is 69.6 Å². The Kier molecular flexibility index (Phi) is 4.05. The summed E-state index contributed by atoms with van der Waals surface area (Å²) in [5.74, 6) is 0. The monoisotopic (exact) mass is 310 g/mol. The average Bonchev–Trinajstić information content (AvgIpc) is 3.20. The number of sulfonamides is 1. The fourth-order valence-corrected chi connectivity index (χ4v) is 4.24. The maximum Gasteiger partial charge on any atom is 0.240 e. The minimum absolute atomic E-state index is 0.00511. The van der Waals surface area contributed by atoms with Crippen molar-refractivity contribution in [3.63, 3.8) is 0 Å². The van der Waals surface area contributed by atoms with Crippen LogP contribution >= 0.6 is 0 Å². The van der Waals surface area contributed by atoms with Crippen LogP contribution in [-0.2, 0) is 16.6 Å². The Bertz CT molecular complexity index is 626. The molecule has 0 bridgehead atoms. The van der Waals surface area contributed by atoms with Crippen molar-refractivity contribution >= 4 is 10.0 Å². The molecule has 2 N–H and O–H groups in total. The first-order valence-electron chi connectivity index (χ1n) is 7.46. The second-order valence-corrected chi connectivity index (χ2v) is 7.79. The first kappa shape index (κ1) is 15.0. The molecule has 1 saturated carbocycles. The quantitative estimate of drug-likeness (QED) is 0.851. The summed E-state index contributed by atoms with van der Waals surface area (Å²) in [7, 11) is -3.51. The Hall–Kier alpha value is -0.950. The zero-order valence-corrected chi connectivity index (χ0v) is 13.1. The molecule has 3 rings (SSSR count). The van der Waals surface area contributed by atoms with E-state index in [-0.39, 0.29) is 17.5 Å². The van der Waals surface area contributed by atoms with Crippen molar-refractivity contribution in [2.24, 2.45) is 0 Å². The number of aryl methyl sites for hydroxylation is 1. The molecule has 21 heavy (non-hydrogen) atoms. The van der Waals surface area contributed by atoms with Crippen molar-refractivity contribution in [3.8, 4) is 0 Å². The standard InChI is InChI=1S/C15H22N2O3S/c1-11-2-5-15(8-12(11)10-18)21(19,20)16-13-6-7-17(9-13)14-3-4-14/h2,5,8,13-14,16,18H,3-4,6-7,9-10H2,1H3. The Morgan fingerprint density at radius 3 is 2.76 bits per heavy atom. The highest BCUT2D eigenvalue weighted by Gasteiger charge is 2.35. The van der Waals surface area contributed by atoms with Crippen LogP contribution in [0.15, 0.2) is 23.1 Å². The third kappa shape index (κ3) is 3.29. The molecular weight excluding hydrogens is 288 g/mol. The number of aliphatic hydroxyl groups is 1. The molecule has 1 unspecified atom stereocenters. The largest absolute Gasteiger partial charge is 0.392 e. The van der Waals surface area contributed by atoms with Crippen molar-refractivity contribution in [2.75, 3.05) is 13.1 Å². The highest BCUT2D eigenvalue weighted by atomic mass is 32.2. The van der Waals surface area contributed by atoms with Crippen molar-refractivity contribution in [3.05, 3.63) is 29.3 Å². The van der Waals surface area contributed by atoms with E-state index >= 15 is 0 Å². The van der Waals surface area contributed by atoms with Crippen LogP contribution in [-0.4, -0.2) is 43.6 Å². The molecule has 6 heteroatoms. The number of nitrogens with zero attached hydrogens (tertiary/aromatic N) is 1. The lowest BCUT2D eigenvalue weighted by Crippen LogP contribution is -2.37. The minimum atomic E-state index is -3.51. The second-order valence-electron chi connectivity index (χ2n) is 6.08. The van der Waals surface area contributed by atoms with Crippen LogP contribution in [0.2, 0.25) is 0 Å². The third-order valence-corrected chi connectivity index (χ3v) is 5.92. The molecule has 1 aromatic rings. The van der Waals surface area contributed by atoms with E-state index in [0.717, 1.165) is 25.1 Å². The lowest BCUT2D eigenvalue weighted by Gasteiger charge is -2.16. The predicted molar refractivity (Wildman–Crippen MR) is 80.4 cm³/mol. The van der Waals surface area contributed by atoms with E-state index in [1.165, 1.54) is 12.8 Å². The SMILES string of the molecule is Cc1ccc(S(=O)(=O)NC2CCN(C3CC3)C2)cc1CO. The van der Waals surface area contributed by atoms with Gasteiger partial charge in [0.05, 0.1) is 11.5 Å². The zero-order chi connectivity index (χ0) is 15.0. The van der Waals surface area contributed by atoms with E-state index in [1.807, 2.05) is 6.92 Å². The van der Waals surface area contributed by atoms with Crippen LogP contribution < -0.4 is 4.72 Å². The number of likely N-dealkylation sites (tertiary alicyclic amines) is 1. The number of benzene rings is 1. The van der Waals surface area contributed by atoms with Crippen LogP contribution in [0.4, 0.5) is 0 Å². The van der Waals surface area contributed by atoms with Crippen LogP contribution in [0.25, 0.3) is 0 Å². The number of hydrogen-bond acceptors (Lipinski definition) is 4. The van der Waals surface area contributed by atoms with Gasteiger partial charge in [-0.15, -0.1) is 0 Å². The van der Waals surface area contributed by atoms with Gasteiger partial charge in [-0.3, -0.25) is 4.90 Å². The van der Waals surface area contributed by atoms with E-state index in [4.69, 9.17) is 0 Å². The predicted octanol–water partition coefficient (Wildman–Crippen LogP) is 1.00. The molecule has 1 aliphatic carbocycles. The molecule has 1 heterocycles. The number of hydrogen-bond donors (Lipinski definition) is 2. The number of nitrogens with one attached hydrogen (secondary N) is 1. The molecule has 0 radical (unpaired) electrons. The van der Waals surface area contributed by atoms with Crippen LogP contribution in [0.5, 0.6) is 0 Å². The summed E-state index contributed by atoms with van der Waals surface area (Å²) in [6, 6.07) is 5.58. The molecule has 5 nitrogen and oxygen atoms in total. The van der Waals surface area contributed by atoms with Gasteiger partial charge >= 0.3 is 0 Å².